The summed E-state index contributed by atoms with van der Waals surface area (Å²) in [5, 5.41) is 0. The van der Waals surface area contributed by atoms with E-state index in [2.05, 4.69) is 209 Å². The number of nitrogens with zero attached hydrogens (tertiary/aromatic N) is 1. The van der Waals surface area contributed by atoms with Gasteiger partial charge >= 0.3 is 0 Å². The minimum absolute atomic E-state index is 0.0384. The van der Waals surface area contributed by atoms with E-state index in [0.717, 1.165) is 0 Å². The molecule has 1 heteroatoms. The number of para-hydroxylation sites is 1. The van der Waals surface area contributed by atoms with E-state index in [1.165, 1.54) is 115 Å². The molecule has 12 rings (SSSR count). The molecular formula is C59H51N. The van der Waals surface area contributed by atoms with Crippen molar-refractivity contribution in [2.24, 2.45) is 5.92 Å². The zero-order valence-corrected chi connectivity index (χ0v) is 35.2. The van der Waals surface area contributed by atoms with E-state index >= 15 is 0 Å². The molecule has 5 aliphatic rings. The Morgan fingerprint density at radius 2 is 1.03 bits per heavy atom. The van der Waals surface area contributed by atoms with Crippen LogP contribution in [0.4, 0.5) is 17.1 Å². The maximum absolute atomic E-state index is 2.60. The number of allylic oxidation sites excluding steroid dienone is 4. The number of anilines is 3. The van der Waals surface area contributed by atoms with Crippen LogP contribution in [0.25, 0.3) is 44.5 Å². The van der Waals surface area contributed by atoms with Crippen molar-refractivity contribution in [3.05, 3.63) is 209 Å². The Hall–Kier alpha value is -6.18. The minimum Gasteiger partial charge on any atom is -0.310 e. The van der Waals surface area contributed by atoms with Crippen molar-refractivity contribution in [3.8, 4) is 44.5 Å². The van der Waals surface area contributed by atoms with Crippen molar-refractivity contribution in [2.45, 2.75) is 75.5 Å². The molecular weight excluding hydrogens is 723 g/mol. The molecule has 0 aromatic heterocycles. The lowest BCUT2D eigenvalue weighted by Crippen LogP contribution is -2.28. The number of fused-ring (bicyclic) bond motifs is 11. The third kappa shape index (κ3) is 4.93. The molecule has 1 spiro atoms. The lowest BCUT2D eigenvalue weighted by atomic mass is 9.70. The largest absolute Gasteiger partial charge is 0.310 e. The summed E-state index contributed by atoms with van der Waals surface area (Å²) >= 11 is 0. The molecule has 0 heterocycles. The van der Waals surface area contributed by atoms with E-state index in [4.69, 9.17) is 0 Å². The molecule has 2 atom stereocenters. The minimum atomic E-state index is -0.131. The SMILES string of the molecule is CC1(C)c2ccccc2-c2ccc(-c3ccc(N(c4ccc5c(c4)C4(CCCC4)C4C=CC=CC54)c4ccccc4-c4cccc5c4C(C)(C)c4ccccc4-5)cc3)cc21. The van der Waals surface area contributed by atoms with Gasteiger partial charge in [0.1, 0.15) is 0 Å². The summed E-state index contributed by atoms with van der Waals surface area (Å²) in [6.45, 7) is 9.55. The maximum atomic E-state index is 2.60. The molecule has 0 radical (unpaired) electrons. The molecule has 2 unspecified atom stereocenters. The van der Waals surface area contributed by atoms with Crippen molar-refractivity contribution in [3.63, 3.8) is 0 Å². The van der Waals surface area contributed by atoms with Crippen LogP contribution in [-0.4, -0.2) is 0 Å². The number of benzene rings is 7. The fraction of sp³-hybridized carbons (Fsp3) is 0.220. The quantitative estimate of drug-likeness (QED) is 0.168. The first-order valence-corrected chi connectivity index (χ1v) is 22.2. The average molecular weight is 774 g/mol. The van der Waals surface area contributed by atoms with Crippen molar-refractivity contribution in [1.82, 2.24) is 0 Å². The molecule has 60 heavy (non-hydrogen) atoms. The summed E-state index contributed by atoms with van der Waals surface area (Å²) in [5.41, 5.74) is 22.9. The third-order valence-corrected chi connectivity index (χ3v) is 15.5. The number of rotatable bonds is 5. The smallest absolute Gasteiger partial charge is 0.0540 e. The highest BCUT2D eigenvalue weighted by Gasteiger charge is 2.52. The molecule has 5 aliphatic carbocycles. The van der Waals surface area contributed by atoms with Crippen LogP contribution in [0, 0.1) is 5.92 Å². The molecule has 7 aromatic carbocycles. The van der Waals surface area contributed by atoms with Gasteiger partial charge in [-0.15, -0.1) is 0 Å². The second-order valence-corrected chi connectivity index (χ2v) is 19.2. The predicted molar refractivity (Wildman–Crippen MR) is 252 cm³/mol. The highest BCUT2D eigenvalue weighted by Crippen LogP contribution is 2.61. The van der Waals surface area contributed by atoms with Gasteiger partial charge in [0.2, 0.25) is 0 Å². The van der Waals surface area contributed by atoms with E-state index < -0.39 is 0 Å². The van der Waals surface area contributed by atoms with E-state index in [9.17, 15) is 0 Å². The zero-order chi connectivity index (χ0) is 40.4. The molecule has 0 bridgehead atoms. The van der Waals surface area contributed by atoms with Gasteiger partial charge in [-0.1, -0.05) is 180 Å². The standard InChI is InChI=1S/C59H51N/c1-57(2)50-22-9-5-16-42(50)45-32-28-39(36-53(45)57)38-26-29-40(30-27-38)60(41-31-33-46-43-17-7-11-24-52(43)59(54(46)37-41)34-13-14-35-59)55-25-12-8-19-47(55)49-21-15-20-48-44-18-6-10-23-51(44)58(3,4)56(48)49/h5-12,15-33,36-37,43,52H,13-14,34-35H2,1-4H3. The highest BCUT2D eigenvalue weighted by atomic mass is 15.1. The molecule has 0 saturated heterocycles. The van der Waals surface area contributed by atoms with E-state index in [1.807, 2.05) is 0 Å². The van der Waals surface area contributed by atoms with Crippen LogP contribution in [0.1, 0.15) is 92.7 Å². The van der Waals surface area contributed by atoms with Crippen LogP contribution >= 0.6 is 0 Å². The maximum Gasteiger partial charge on any atom is 0.0540 e. The Kier molecular flexibility index (Phi) is 7.69. The molecule has 1 nitrogen and oxygen atoms in total. The topological polar surface area (TPSA) is 3.24 Å². The predicted octanol–water partition coefficient (Wildman–Crippen LogP) is 15.8. The normalized spacial score (nSPS) is 20.0. The monoisotopic (exact) mass is 773 g/mol. The van der Waals surface area contributed by atoms with Crippen molar-refractivity contribution < 1.29 is 0 Å². The highest BCUT2D eigenvalue weighted by molar-refractivity contribution is 5.95. The van der Waals surface area contributed by atoms with Gasteiger partial charge in [-0.05, 0) is 127 Å². The Labute approximate surface area is 355 Å². The van der Waals surface area contributed by atoms with Crippen molar-refractivity contribution >= 4 is 17.1 Å². The third-order valence-electron chi connectivity index (χ3n) is 15.5. The number of hydrogen-bond donors (Lipinski definition) is 0. The molecule has 0 aliphatic heterocycles. The van der Waals surface area contributed by atoms with Gasteiger partial charge in [0.05, 0.1) is 5.69 Å². The fourth-order valence-electron chi connectivity index (χ4n) is 12.7. The first kappa shape index (κ1) is 35.7. The summed E-state index contributed by atoms with van der Waals surface area (Å²) in [6, 6.07) is 58.0. The lowest BCUT2D eigenvalue weighted by molar-refractivity contribution is 0.337. The van der Waals surface area contributed by atoms with Crippen molar-refractivity contribution in [2.75, 3.05) is 4.90 Å². The van der Waals surface area contributed by atoms with E-state index in [-0.39, 0.29) is 16.2 Å². The number of hydrogen-bond acceptors (Lipinski definition) is 1. The lowest BCUT2D eigenvalue weighted by Gasteiger charge is -2.34. The Bertz CT molecular complexity index is 2950. The van der Waals surface area contributed by atoms with Gasteiger partial charge in [-0.3, -0.25) is 0 Å². The van der Waals surface area contributed by atoms with Crippen LogP contribution in [-0.2, 0) is 16.2 Å². The molecule has 0 N–H and O–H groups in total. The first-order chi connectivity index (χ1) is 29.3. The Balaban J connectivity index is 1.02. The van der Waals surface area contributed by atoms with Gasteiger partial charge in [-0.25, -0.2) is 0 Å². The Morgan fingerprint density at radius 3 is 1.80 bits per heavy atom. The summed E-state index contributed by atoms with van der Waals surface area (Å²) < 4.78 is 0. The molecule has 292 valence electrons. The summed E-state index contributed by atoms with van der Waals surface area (Å²) in [7, 11) is 0. The van der Waals surface area contributed by atoms with E-state index in [0.29, 0.717) is 11.8 Å². The zero-order valence-electron chi connectivity index (χ0n) is 35.2. The Morgan fingerprint density at radius 1 is 0.450 bits per heavy atom. The van der Waals surface area contributed by atoms with Crippen LogP contribution in [0.15, 0.2) is 176 Å². The van der Waals surface area contributed by atoms with Crippen LogP contribution in [0.3, 0.4) is 0 Å². The van der Waals surface area contributed by atoms with E-state index in [1.54, 1.807) is 5.56 Å². The summed E-state index contributed by atoms with van der Waals surface area (Å²) in [6.07, 6.45) is 14.7. The van der Waals surface area contributed by atoms with Gasteiger partial charge in [0.25, 0.3) is 0 Å². The molecule has 7 aromatic rings. The van der Waals surface area contributed by atoms with Crippen LogP contribution in [0.2, 0.25) is 0 Å². The van der Waals surface area contributed by atoms with Crippen LogP contribution < -0.4 is 4.90 Å². The van der Waals surface area contributed by atoms with Gasteiger partial charge in [0.15, 0.2) is 0 Å². The van der Waals surface area contributed by atoms with Crippen molar-refractivity contribution in [1.29, 1.82) is 0 Å². The molecule has 0 amide bonds. The second-order valence-electron chi connectivity index (χ2n) is 19.2. The van der Waals surface area contributed by atoms with Gasteiger partial charge in [0, 0.05) is 39.1 Å². The van der Waals surface area contributed by atoms with Gasteiger partial charge < -0.3 is 4.90 Å². The molecule has 1 fully saturated rings. The molecule has 1 saturated carbocycles. The second kappa shape index (κ2) is 12.9. The van der Waals surface area contributed by atoms with Gasteiger partial charge in [-0.2, -0.15) is 0 Å². The summed E-state index contributed by atoms with van der Waals surface area (Å²) in [5.74, 6) is 0.995. The summed E-state index contributed by atoms with van der Waals surface area (Å²) in [4.78, 5) is 2.56. The van der Waals surface area contributed by atoms with Crippen LogP contribution in [0.5, 0.6) is 0 Å². The fourth-order valence-corrected chi connectivity index (χ4v) is 12.7. The first-order valence-electron chi connectivity index (χ1n) is 22.2. The average Bonchev–Trinajstić information content (AvgIpc) is 4.01.